The first-order valence-electron chi connectivity index (χ1n) is 7.67. The van der Waals surface area contributed by atoms with E-state index in [9.17, 15) is 4.79 Å². The number of hydrogen-bond donors (Lipinski definition) is 1. The van der Waals surface area contributed by atoms with Gasteiger partial charge in [-0.05, 0) is 37.7 Å². The lowest BCUT2D eigenvalue weighted by Gasteiger charge is -2.41. The van der Waals surface area contributed by atoms with Crippen LogP contribution in [0.2, 0.25) is 0 Å². The number of benzene rings is 1. The standard InChI is InChI=1S/C17H26N2O/c1-19(16(20)17(14-18)11-7-12-17)13-6-5-10-15-8-3-2-4-9-15/h2-4,8-9H,5-7,10-14,18H2,1H3. The summed E-state index contributed by atoms with van der Waals surface area (Å²) in [7, 11) is 1.92. The molecule has 0 unspecified atom stereocenters. The first-order valence-corrected chi connectivity index (χ1v) is 7.67. The van der Waals surface area contributed by atoms with E-state index in [1.54, 1.807) is 0 Å². The van der Waals surface area contributed by atoms with Crippen LogP contribution in [-0.4, -0.2) is 30.9 Å². The Morgan fingerprint density at radius 2 is 1.95 bits per heavy atom. The van der Waals surface area contributed by atoms with Crippen LogP contribution in [0, 0.1) is 5.41 Å². The summed E-state index contributed by atoms with van der Waals surface area (Å²) in [6.07, 6.45) is 6.35. The molecule has 2 N–H and O–H groups in total. The highest BCUT2D eigenvalue weighted by Gasteiger charge is 2.44. The average Bonchev–Trinajstić information content (AvgIpc) is 2.44. The molecule has 0 saturated heterocycles. The molecule has 3 nitrogen and oxygen atoms in total. The Balaban J connectivity index is 1.70. The number of nitrogens with two attached hydrogens (primary N) is 1. The number of carbonyl (C=O) groups is 1. The maximum atomic E-state index is 12.4. The van der Waals surface area contributed by atoms with Gasteiger partial charge in [-0.25, -0.2) is 0 Å². The molecular weight excluding hydrogens is 248 g/mol. The van der Waals surface area contributed by atoms with Crippen molar-refractivity contribution in [2.75, 3.05) is 20.1 Å². The van der Waals surface area contributed by atoms with Crippen LogP contribution < -0.4 is 5.73 Å². The van der Waals surface area contributed by atoms with Crippen molar-refractivity contribution in [1.82, 2.24) is 4.90 Å². The molecule has 0 spiro atoms. The highest BCUT2D eigenvalue weighted by Crippen LogP contribution is 2.41. The van der Waals surface area contributed by atoms with Gasteiger partial charge in [0.1, 0.15) is 0 Å². The van der Waals surface area contributed by atoms with Crippen LogP contribution in [0.25, 0.3) is 0 Å². The van der Waals surface area contributed by atoms with Crippen molar-refractivity contribution >= 4 is 5.91 Å². The summed E-state index contributed by atoms with van der Waals surface area (Å²) in [6, 6.07) is 10.5. The quantitative estimate of drug-likeness (QED) is 0.777. The Morgan fingerprint density at radius 3 is 2.50 bits per heavy atom. The van der Waals surface area contributed by atoms with Gasteiger partial charge in [0.25, 0.3) is 0 Å². The lowest BCUT2D eigenvalue weighted by molar-refractivity contribution is -0.145. The molecular formula is C17H26N2O. The molecule has 1 fully saturated rings. The van der Waals surface area contributed by atoms with Gasteiger partial charge < -0.3 is 10.6 Å². The SMILES string of the molecule is CN(CCCCc1ccccc1)C(=O)C1(CN)CCC1. The van der Waals surface area contributed by atoms with E-state index in [0.29, 0.717) is 6.54 Å². The zero-order valence-corrected chi connectivity index (χ0v) is 12.5. The molecule has 0 heterocycles. The third-order valence-electron chi connectivity index (χ3n) is 4.55. The van der Waals surface area contributed by atoms with E-state index in [2.05, 4.69) is 24.3 Å². The molecule has 110 valence electrons. The van der Waals surface area contributed by atoms with Crippen molar-refractivity contribution in [2.45, 2.75) is 38.5 Å². The normalized spacial score (nSPS) is 16.5. The fourth-order valence-corrected chi connectivity index (χ4v) is 2.94. The van der Waals surface area contributed by atoms with E-state index in [4.69, 9.17) is 5.73 Å². The molecule has 1 saturated carbocycles. The van der Waals surface area contributed by atoms with Crippen LogP contribution in [-0.2, 0) is 11.2 Å². The summed E-state index contributed by atoms with van der Waals surface area (Å²) >= 11 is 0. The molecule has 0 radical (unpaired) electrons. The van der Waals surface area contributed by atoms with Crippen molar-refractivity contribution in [1.29, 1.82) is 0 Å². The van der Waals surface area contributed by atoms with Crippen molar-refractivity contribution in [3.8, 4) is 0 Å². The molecule has 1 aliphatic carbocycles. The maximum Gasteiger partial charge on any atom is 0.229 e. The molecule has 1 aromatic carbocycles. The molecule has 1 amide bonds. The van der Waals surface area contributed by atoms with Crippen molar-refractivity contribution < 1.29 is 4.79 Å². The topological polar surface area (TPSA) is 46.3 Å². The van der Waals surface area contributed by atoms with E-state index in [1.165, 1.54) is 5.56 Å². The lowest BCUT2D eigenvalue weighted by Crippen LogP contribution is -2.51. The van der Waals surface area contributed by atoms with E-state index >= 15 is 0 Å². The maximum absolute atomic E-state index is 12.4. The smallest absolute Gasteiger partial charge is 0.229 e. The zero-order valence-electron chi connectivity index (χ0n) is 12.5. The van der Waals surface area contributed by atoms with Crippen LogP contribution in [0.1, 0.15) is 37.7 Å². The third kappa shape index (κ3) is 3.40. The summed E-state index contributed by atoms with van der Waals surface area (Å²) in [4.78, 5) is 14.3. The van der Waals surface area contributed by atoms with Crippen LogP contribution in [0.5, 0.6) is 0 Å². The van der Waals surface area contributed by atoms with Gasteiger partial charge in [0.05, 0.1) is 5.41 Å². The fraction of sp³-hybridized carbons (Fsp3) is 0.588. The van der Waals surface area contributed by atoms with Gasteiger partial charge in [-0.3, -0.25) is 4.79 Å². The molecule has 0 aliphatic heterocycles. The van der Waals surface area contributed by atoms with Gasteiger partial charge in [0.2, 0.25) is 5.91 Å². The van der Waals surface area contributed by atoms with Crippen molar-refractivity contribution in [3.63, 3.8) is 0 Å². The summed E-state index contributed by atoms with van der Waals surface area (Å²) in [5.41, 5.74) is 6.94. The summed E-state index contributed by atoms with van der Waals surface area (Å²) < 4.78 is 0. The van der Waals surface area contributed by atoms with E-state index in [0.717, 1.165) is 45.1 Å². The second-order valence-corrected chi connectivity index (χ2v) is 6.01. The minimum atomic E-state index is -0.228. The highest BCUT2D eigenvalue weighted by atomic mass is 16.2. The van der Waals surface area contributed by atoms with Gasteiger partial charge >= 0.3 is 0 Å². The molecule has 1 aromatic rings. The zero-order chi connectivity index (χ0) is 14.4. The number of rotatable bonds is 7. The Labute approximate surface area is 122 Å². The Hall–Kier alpha value is -1.35. The van der Waals surface area contributed by atoms with E-state index in [-0.39, 0.29) is 11.3 Å². The number of unbranched alkanes of at least 4 members (excludes halogenated alkanes) is 1. The van der Waals surface area contributed by atoms with Gasteiger partial charge in [0.15, 0.2) is 0 Å². The predicted molar refractivity (Wildman–Crippen MR) is 82.4 cm³/mol. The second-order valence-electron chi connectivity index (χ2n) is 6.01. The van der Waals surface area contributed by atoms with Crippen LogP contribution >= 0.6 is 0 Å². The van der Waals surface area contributed by atoms with Gasteiger partial charge in [-0.2, -0.15) is 0 Å². The van der Waals surface area contributed by atoms with Crippen LogP contribution in [0.3, 0.4) is 0 Å². The van der Waals surface area contributed by atoms with E-state index in [1.807, 2.05) is 18.0 Å². The Bertz CT molecular complexity index is 420. The first-order chi connectivity index (χ1) is 9.68. The molecule has 1 aliphatic rings. The molecule has 3 heteroatoms. The average molecular weight is 274 g/mol. The largest absolute Gasteiger partial charge is 0.345 e. The minimum absolute atomic E-state index is 0.228. The van der Waals surface area contributed by atoms with Crippen molar-refractivity contribution in [3.05, 3.63) is 35.9 Å². The van der Waals surface area contributed by atoms with Crippen molar-refractivity contribution in [2.24, 2.45) is 11.1 Å². The predicted octanol–water partition coefficient (Wildman–Crippen LogP) is 2.60. The molecule has 2 rings (SSSR count). The molecule has 0 atom stereocenters. The number of aryl methyl sites for hydroxylation is 1. The van der Waals surface area contributed by atoms with Gasteiger partial charge in [-0.15, -0.1) is 0 Å². The van der Waals surface area contributed by atoms with E-state index < -0.39 is 0 Å². The Morgan fingerprint density at radius 1 is 1.25 bits per heavy atom. The number of nitrogens with zero attached hydrogens (tertiary/aromatic N) is 1. The number of carbonyl (C=O) groups excluding carboxylic acids is 1. The molecule has 0 bridgehead atoms. The fourth-order valence-electron chi connectivity index (χ4n) is 2.94. The number of amides is 1. The summed E-state index contributed by atoms with van der Waals surface area (Å²) in [6.45, 7) is 1.34. The molecule has 0 aromatic heterocycles. The lowest BCUT2D eigenvalue weighted by atomic mass is 9.68. The van der Waals surface area contributed by atoms with Crippen LogP contribution in [0.15, 0.2) is 30.3 Å². The van der Waals surface area contributed by atoms with Crippen LogP contribution in [0.4, 0.5) is 0 Å². The third-order valence-corrected chi connectivity index (χ3v) is 4.55. The summed E-state index contributed by atoms with van der Waals surface area (Å²) in [5.74, 6) is 0.256. The second kappa shape index (κ2) is 6.89. The Kier molecular flexibility index (Phi) is 5.18. The minimum Gasteiger partial charge on any atom is -0.345 e. The summed E-state index contributed by atoms with van der Waals surface area (Å²) in [5, 5.41) is 0. The highest BCUT2D eigenvalue weighted by molar-refractivity contribution is 5.83. The monoisotopic (exact) mass is 274 g/mol. The molecule has 20 heavy (non-hydrogen) atoms. The van der Waals surface area contributed by atoms with Gasteiger partial charge in [0, 0.05) is 20.1 Å². The first kappa shape index (κ1) is 15.0. The number of hydrogen-bond acceptors (Lipinski definition) is 2. The van der Waals surface area contributed by atoms with Gasteiger partial charge in [-0.1, -0.05) is 36.8 Å².